The summed E-state index contributed by atoms with van der Waals surface area (Å²) < 4.78 is 5.99. The van der Waals surface area contributed by atoms with Gasteiger partial charge in [-0.2, -0.15) is 0 Å². The topological polar surface area (TPSA) is 21.3 Å². The van der Waals surface area contributed by atoms with Crippen LogP contribution in [-0.2, 0) is 4.74 Å². The van der Waals surface area contributed by atoms with Gasteiger partial charge in [0.25, 0.3) is 0 Å². The van der Waals surface area contributed by atoms with Crippen LogP contribution in [0.3, 0.4) is 0 Å². The molecule has 0 aliphatic heterocycles. The predicted octanol–water partition coefficient (Wildman–Crippen LogP) is 3.75. The van der Waals surface area contributed by atoms with Crippen molar-refractivity contribution in [1.82, 2.24) is 5.32 Å². The van der Waals surface area contributed by atoms with Crippen LogP contribution in [0, 0.1) is 5.92 Å². The molecule has 2 nitrogen and oxygen atoms in total. The van der Waals surface area contributed by atoms with Crippen LogP contribution in [0.4, 0.5) is 0 Å². The van der Waals surface area contributed by atoms with Crippen LogP contribution >= 0.6 is 0 Å². The lowest BCUT2D eigenvalue weighted by Gasteiger charge is -2.36. The Kier molecular flexibility index (Phi) is 7.87. The summed E-state index contributed by atoms with van der Waals surface area (Å²) in [5.74, 6) is 0.840. The average Bonchev–Trinajstić information content (AvgIpc) is 2.37. The molecule has 1 rings (SSSR count). The largest absolute Gasteiger partial charge is 0.377 e. The summed E-state index contributed by atoms with van der Waals surface area (Å²) in [6.45, 7) is 8.50. The zero-order valence-corrected chi connectivity index (χ0v) is 12.0. The lowest BCUT2D eigenvalue weighted by molar-refractivity contribution is 0.00638. The lowest BCUT2D eigenvalue weighted by atomic mass is 9.81. The summed E-state index contributed by atoms with van der Waals surface area (Å²) >= 11 is 0. The van der Waals surface area contributed by atoms with Crippen LogP contribution in [0.1, 0.15) is 65.7 Å². The van der Waals surface area contributed by atoms with Gasteiger partial charge in [-0.3, -0.25) is 0 Å². The van der Waals surface area contributed by atoms with E-state index in [1.54, 1.807) is 0 Å². The van der Waals surface area contributed by atoms with Gasteiger partial charge in [-0.05, 0) is 38.6 Å². The summed E-state index contributed by atoms with van der Waals surface area (Å²) in [5.41, 5.74) is 0. The number of rotatable bonds is 8. The van der Waals surface area contributed by atoms with E-state index in [0.29, 0.717) is 12.1 Å². The lowest BCUT2D eigenvalue weighted by Crippen LogP contribution is -2.47. The van der Waals surface area contributed by atoms with Gasteiger partial charge in [0.1, 0.15) is 0 Å². The highest BCUT2D eigenvalue weighted by Gasteiger charge is 2.29. The highest BCUT2D eigenvalue weighted by molar-refractivity contribution is 4.85. The van der Waals surface area contributed by atoms with Gasteiger partial charge < -0.3 is 10.1 Å². The van der Waals surface area contributed by atoms with Gasteiger partial charge in [-0.15, -0.1) is 0 Å². The quantitative estimate of drug-likeness (QED) is 0.699. The Bertz CT molecular complexity index is 172. The average molecular weight is 241 g/mol. The monoisotopic (exact) mass is 241 g/mol. The fourth-order valence-corrected chi connectivity index (χ4v) is 3.20. The van der Waals surface area contributed by atoms with Crippen molar-refractivity contribution in [3.05, 3.63) is 0 Å². The van der Waals surface area contributed by atoms with Crippen LogP contribution in [-0.4, -0.2) is 25.3 Å². The molecule has 1 fully saturated rings. The van der Waals surface area contributed by atoms with E-state index in [2.05, 4.69) is 26.1 Å². The summed E-state index contributed by atoms with van der Waals surface area (Å²) in [7, 11) is 0. The minimum Gasteiger partial charge on any atom is -0.377 e. The molecular formula is C15H31NO. The highest BCUT2D eigenvalue weighted by Crippen LogP contribution is 2.29. The van der Waals surface area contributed by atoms with E-state index in [1.165, 1.54) is 44.9 Å². The molecule has 0 aromatic heterocycles. The number of nitrogens with one attached hydrogen (secondary N) is 1. The summed E-state index contributed by atoms with van der Waals surface area (Å²) in [6.07, 6.45) is 9.89. The fourth-order valence-electron chi connectivity index (χ4n) is 3.20. The Morgan fingerprint density at radius 2 is 1.82 bits per heavy atom. The molecule has 0 amide bonds. The van der Waals surface area contributed by atoms with Gasteiger partial charge in [0.05, 0.1) is 6.10 Å². The Labute approximate surface area is 108 Å². The molecule has 1 aliphatic carbocycles. The first-order valence-electron chi connectivity index (χ1n) is 7.68. The van der Waals surface area contributed by atoms with Crippen LogP contribution in [0.25, 0.3) is 0 Å². The molecule has 102 valence electrons. The van der Waals surface area contributed by atoms with Gasteiger partial charge in [0.15, 0.2) is 0 Å². The molecular weight excluding hydrogens is 210 g/mol. The van der Waals surface area contributed by atoms with Crippen molar-refractivity contribution in [2.45, 2.75) is 77.9 Å². The minimum absolute atomic E-state index is 0.424. The fraction of sp³-hybridized carbons (Fsp3) is 1.00. The Morgan fingerprint density at radius 1 is 1.12 bits per heavy atom. The minimum atomic E-state index is 0.424. The van der Waals surface area contributed by atoms with Gasteiger partial charge >= 0.3 is 0 Å². The first-order valence-corrected chi connectivity index (χ1v) is 7.68. The molecule has 0 aromatic carbocycles. The molecule has 2 unspecified atom stereocenters. The summed E-state index contributed by atoms with van der Waals surface area (Å²) in [6, 6.07) is 0.584. The molecule has 0 spiro atoms. The second-order valence-corrected chi connectivity index (χ2v) is 5.26. The van der Waals surface area contributed by atoms with E-state index in [-0.39, 0.29) is 0 Å². The summed E-state index contributed by atoms with van der Waals surface area (Å²) in [4.78, 5) is 0. The molecule has 0 saturated heterocycles. The molecule has 2 heteroatoms. The maximum atomic E-state index is 5.99. The predicted molar refractivity (Wildman–Crippen MR) is 74.4 cm³/mol. The highest BCUT2D eigenvalue weighted by atomic mass is 16.5. The van der Waals surface area contributed by atoms with Gasteiger partial charge in [-0.25, -0.2) is 0 Å². The van der Waals surface area contributed by atoms with E-state index < -0.39 is 0 Å². The molecule has 1 aliphatic rings. The van der Waals surface area contributed by atoms with Crippen molar-refractivity contribution in [3.8, 4) is 0 Å². The van der Waals surface area contributed by atoms with Crippen LogP contribution in [0.2, 0.25) is 0 Å². The smallest absolute Gasteiger partial charge is 0.0730 e. The molecule has 0 radical (unpaired) electrons. The van der Waals surface area contributed by atoms with Crippen molar-refractivity contribution in [3.63, 3.8) is 0 Å². The zero-order valence-electron chi connectivity index (χ0n) is 12.0. The number of hydrogen-bond acceptors (Lipinski definition) is 2. The van der Waals surface area contributed by atoms with Crippen molar-refractivity contribution in [2.75, 3.05) is 13.2 Å². The van der Waals surface area contributed by atoms with Crippen molar-refractivity contribution < 1.29 is 4.74 Å². The molecule has 0 heterocycles. The first-order chi connectivity index (χ1) is 8.33. The Balaban J connectivity index is 2.58. The van der Waals surface area contributed by atoms with E-state index in [4.69, 9.17) is 4.74 Å². The van der Waals surface area contributed by atoms with Crippen LogP contribution in [0.15, 0.2) is 0 Å². The number of hydrogen-bond donors (Lipinski definition) is 1. The van der Waals surface area contributed by atoms with E-state index >= 15 is 0 Å². The number of ether oxygens (including phenoxy) is 1. The Morgan fingerprint density at radius 3 is 2.35 bits per heavy atom. The van der Waals surface area contributed by atoms with Crippen molar-refractivity contribution in [1.29, 1.82) is 0 Å². The number of likely N-dealkylation sites (N-methyl/N-ethyl adjacent to an activating group) is 1. The van der Waals surface area contributed by atoms with Crippen LogP contribution in [0.5, 0.6) is 0 Å². The maximum absolute atomic E-state index is 5.99. The summed E-state index contributed by atoms with van der Waals surface area (Å²) in [5, 5.41) is 3.70. The van der Waals surface area contributed by atoms with Gasteiger partial charge in [0, 0.05) is 12.6 Å². The SMILES string of the molecule is CCCC(OCC)C(NCC)C1CCCCC1. The maximum Gasteiger partial charge on any atom is 0.0730 e. The third kappa shape index (κ3) is 4.97. The van der Waals surface area contributed by atoms with Crippen molar-refractivity contribution in [2.24, 2.45) is 5.92 Å². The van der Waals surface area contributed by atoms with Crippen molar-refractivity contribution >= 4 is 0 Å². The Hall–Kier alpha value is -0.0800. The van der Waals surface area contributed by atoms with Gasteiger partial charge in [-0.1, -0.05) is 39.5 Å². The third-order valence-corrected chi connectivity index (χ3v) is 3.95. The second kappa shape index (κ2) is 8.93. The van der Waals surface area contributed by atoms with E-state index in [9.17, 15) is 0 Å². The zero-order chi connectivity index (χ0) is 12.5. The first kappa shape index (κ1) is 15.0. The molecule has 1 N–H and O–H groups in total. The normalized spacial score (nSPS) is 21.4. The molecule has 0 bridgehead atoms. The molecule has 0 aromatic rings. The third-order valence-electron chi connectivity index (χ3n) is 3.95. The van der Waals surface area contributed by atoms with Crippen LogP contribution < -0.4 is 5.32 Å². The van der Waals surface area contributed by atoms with Gasteiger partial charge in [0.2, 0.25) is 0 Å². The van der Waals surface area contributed by atoms with E-state index in [0.717, 1.165) is 19.1 Å². The standard InChI is InChI=1S/C15H31NO/c1-4-10-14(17-6-3)15(16-5-2)13-11-8-7-9-12-13/h13-16H,4-12H2,1-3H3. The molecule has 17 heavy (non-hydrogen) atoms. The molecule has 2 atom stereocenters. The van der Waals surface area contributed by atoms with E-state index in [1.807, 2.05) is 0 Å². The second-order valence-electron chi connectivity index (χ2n) is 5.26. The molecule has 1 saturated carbocycles.